The van der Waals surface area contributed by atoms with Gasteiger partial charge in [-0.1, -0.05) is 11.6 Å². The number of hydrogen-bond donors (Lipinski definition) is 0. The second-order valence-corrected chi connectivity index (χ2v) is 2.32. The summed E-state index contributed by atoms with van der Waals surface area (Å²) in [5.74, 6) is -1.73. The summed E-state index contributed by atoms with van der Waals surface area (Å²) in [5, 5.41) is -1.34. The molecular formula is C5ClF5N2. The number of aromatic nitrogens is 2. The number of alkyl halides is 3. The maximum absolute atomic E-state index is 12.3. The lowest BCUT2D eigenvalue weighted by molar-refractivity contribution is -0.141. The third-order valence-corrected chi connectivity index (χ3v) is 1.39. The standard InChI is InChI=1S/C5ClF5N2/c6-1-2(5(9,10)11)12-4(8)13-3(1)7. The summed E-state index contributed by atoms with van der Waals surface area (Å²) in [6, 6.07) is 0. The molecule has 0 unspecified atom stereocenters. The Morgan fingerprint density at radius 2 is 1.62 bits per heavy atom. The van der Waals surface area contributed by atoms with Gasteiger partial charge in [-0.3, -0.25) is 0 Å². The fourth-order valence-electron chi connectivity index (χ4n) is 0.582. The van der Waals surface area contributed by atoms with E-state index >= 15 is 0 Å². The molecule has 0 saturated heterocycles. The summed E-state index contributed by atoms with van der Waals surface area (Å²) in [6.07, 6.45) is -6.81. The van der Waals surface area contributed by atoms with Crippen LogP contribution in [0, 0.1) is 12.0 Å². The minimum absolute atomic E-state index is 1.34. The molecule has 1 aromatic heterocycles. The maximum atomic E-state index is 12.3. The highest BCUT2D eigenvalue weighted by molar-refractivity contribution is 6.31. The molecule has 13 heavy (non-hydrogen) atoms. The molecule has 0 fully saturated rings. The van der Waals surface area contributed by atoms with E-state index in [0.717, 1.165) is 0 Å². The number of hydrogen-bond acceptors (Lipinski definition) is 2. The normalized spacial score (nSPS) is 11.8. The highest BCUT2D eigenvalue weighted by Crippen LogP contribution is 2.33. The third kappa shape index (κ3) is 2.03. The summed E-state index contributed by atoms with van der Waals surface area (Å²) in [5.41, 5.74) is -1.82. The number of rotatable bonds is 0. The number of halogens is 6. The quantitative estimate of drug-likeness (QED) is 0.380. The van der Waals surface area contributed by atoms with Crippen molar-refractivity contribution in [2.45, 2.75) is 6.18 Å². The monoisotopic (exact) mass is 218 g/mol. The molecule has 72 valence electrons. The Labute approximate surface area is 73.4 Å². The molecule has 8 heteroatoms. The molecule has 0 aliphatic carbocycles. The van der Waals surface area contributed by atoms with Crippen molar-refractivity contribution in [1.29, 1.82) is 0 Å². The van der Waals surface area contributed by atoms with Gasteiger partial charge in [-0.15, -0.1) is 0 Å². The molecule has 0 N–H and O–H groups in total. The van der Waals surface area contributed by atoms with Crippen LogP contribution in [0.1, 0.15) is 5.69 Å². The zero-order chi connectivity index (χ0) is 10.2. The van der Waals surface area contributed by atoms with Gasteiger partial charge in [0.15, 0.2) is 5.69 Å². The van der Waals surface area contributed by atoms with Crippen LogP contribution < -0.4 is 0 Å². The average Bonchev–Trinajstić information content (AvgIpc) is 1.94. The Hall–Kier alpha value is -0.980. The smallest absolute Gasteiger partial charge is 0.196 e. The Morgan fingerprint density at radius 3 is 2.08 bits per heavy atom. The molecule has 0 aromatic carbocycles. The first-order chi connectivity index (χ1) is 5.82. The van der Waals surface area contributed by atoms with Gasteiger partial charge in [-0.25, -0.2) is 0 Å². The molecule has 0 bridgehead atoms. The molecule has 0 aliphatic heterocycles. The minimum Gasteiger partial charge on any atom is -0.196 e. The van der Waals surface area contributed by atoms with E-state index in [9.17, 15) is 22.0 Å². The van der Waals surface area contributed by atoms with Gasteiger partial charge in [0.2, 0.25) is 5.95 Å². The van der Waals surface area contributed by atoms with E-state index in [1.807, 2.05) is 0 Å². The molecule has 1 rings (SSSR count). The van der Waals surface area contributed by atoms with Crippen LogP contribution in [0.15, 0.2) is 0 Å². The summed E-state index contributed by atoms with van der Waals surface area (Å²) >= 11 is 4.86. The van der Waals surface area contributed by atoms with Gasteiger partial charge in [-0.2, -0.15) is 31.9 Å². The van der Waals surface area contributed by atoms with Crippen LogP contribution >= 0.6 is 11.6 Å². The van der Waals surface area contributed by atoms with Crippen molar-refractivity contribution >= 4 is 11.6 Å². The lowest BCUT2D eigenvalue weighted by Gasteiger charge is -2.06. The molecular weight excluding hydrogens is 219 g/mol. The van der Waals surface area contributed by atoms with E-state index in [1.54, 1.807) is 0 Å². The van der Waals surface area contributed by atoms with E-state index in [4.69, 9.17) is 11.6 Å². The van der Waals surface area contributed by atoms with Gasteiger partial charge in [0.05, 0.1) is 0 Å². The summed E-state index contributed by atoms with van der Waals surface area (Å²) in [7, 11) is 0. The Balaban J connectivity index is 3.37. The first-order valence-electron chi connectivity index (χ1n) is 2.78. The summed E-state index contributed by atoms with van der Waals surface area (Å²) < 4.78 is 60.2. The van der Waals surface area contributed by atoms with Crippen LogP contribution in [0.5, 0.6) is 0 Å². The van der Waals surface area contributed by atoms with E-state index in [0.29, 0.717) is 0 Å². The lowest BCUT2D eigenvalue weighted by atomic mass is 10.4. The van der Waals surface area contributed by atoms with E-state index in [1.165, 1.54) is 0 Å². The highest BCUT2D eigenvalue weighted by Gasteiger charge is 2.37. The minimum atomic E-state index is -5.00. The first kappa shape index (κ1) is 10.1. The Kier molecular flexibility index (Phi) is 2.38. The fourth-order valence-corrected chi connectivity index (χ4v) is 0.774. The van der Waals surface area contributed by atoms with Crippen LogP contribution in [-0.2, 0) is 6.18 Å². The summed E-state index contributed by atoms with van der Waals surface area (Å²) in [6.45, 7) is 0. The summed E-state index contributed by atoms with van der Waals surface area (Å²) in [4.78, 5) is 4.70. The van der Waals surface area contributed by atoms with Crippen molar-refractivity contribution in [2.24, 2.45) is 0 Å². The van der Waals surface area contributed by atoms with Crippen molar-refractivity contribution in [3.8, 4) is 0 Å². The first-order valence-corrected chi connectivity index (χ1v) is 3.16. The van der Waals surface area contributed by atoms with Gasteiger partial charge < -0.3 is 0 Å². The second-order valence-electron chi connectivity index (χ2n) is 1.94. The van der Waals surface area contributed by atoms with Gasteiger partial charge in [0, 0.05) is 0 Å². The van der Waals surface area contributed by atoms with Crippen molar-refractivity contribution in [3.63, 3.8) is 0 Å². The Morgan fingerprint density at radius 1 is 1.08 bits per heavy atom. The molecule has 0 atom stereocenters. The fraction of sp³-hybridized carbons (Fsp3) is 0.200. The SMILES string of the molecule is Fc1nc(F)c(Cl)c(C(F)(F)F)n1. The van der Waals surface area contributed by atoms with Crippen LogP contribution in [0.25, 0.3) is 0 Å². The van der Waals surface area contributed by atoms with Crippen molar-refractivity contribution in [2.75, 3.05) is 0 Å². The van der Waals surface area contributed by atoms with Crippen LogP contribution in [0.3, 0.4) is 0 Å². The average molecular weight is 219 g/mol. The van der Waals surface area contributed by atoms with E-state index < -0.39 is 28.9 Å². The molecule has 0 aliphatic rings. The zero-order valence-corrected chi connectivity index (χ0v) is 6.42. The largest absolute Gasteiger partial charge is 0.435 e. The van der Waals surface area contributed by atoms with Crippen LogP contribution in [0.2, 0.25) is 5.02 Å². The van der Waals surface area contributed by atoms with Gasteiger partial charge >= 0.3 is 12.3 Å². The highest BCUT2D eigenvalue weighted by atomic mass is 35.5. The van der Waals surface area contributed by atoms with Crippen LogP contribution in [0.4, 0.5) is 22.0 Å². The van der Waals surface area contributed by atoms with Crippen molar-refractivity contribution in [1.82, 2.24) is 9.97 Å². The Bertz CT molecular complexity index is 336. The number of nitrogens with zero attached hydrogens (tertiary/aromatic N) is 2. The zero-order valence-electron chi connectivity index (χ0n) is 5.66. The van der Waals surface area contributed by atoms with Gasteiger partial charge in [-0.05, 0) is 0 Å². The second kappa shape index (κ2) is 3.06. The molecule has 1 heterocycles. The van der Waals surface area contributed by atoms with E-state index in [2.05, 4.69) is 9.97 Å². The predicted octanol–water partition coefficient (Wildman–Crippen LogP) is 2.43. The molecule has 0 amide bonds. The maximum Gasteiger partial charge on any atom is 0.435 e. The lowest BCUT2D eigenvalue weighted by Crippen LogP contribution is -2.12. The molecule has 0 saturated carbocycles. The van der Waals surface area contributed by atoms with Crippen molar-refractivity contribution in [3.05, 3.63) is 22.7 Å². The molecule has 1 aromatic rings. The topological polar surface area (TPSA) is 25.8 Å². The third-order valence-electron chi connectivity index (χ3n) is 1.05. The van der Waals surface area contributed by atoms with Crippen LogP contribution in [-0.4, -0.2) is 9.97 Å². The van der Waals surface area contributed by atoms with E-state index in [-0.39, 0.29) is 0 Å². The van der Waals surface area contributed by atoms with Gasteiger partial charge in [0.1, 0.15) is 5.02 Å². The van der Waals surface area contributed by atoms with Gasteiger partial charge in [0.25, 0.3) is 0 Å². The van der Waals surface area contributed by atoms with Crippen molar-refractivity contribution < 1.29 is 22.0 Å². The molecule has 0 spiro atoms. The predicted molar refractivity (Wildman–Crippen MR) is 32.0 cm³/mol. The molecule has 2 nitrogen and oxygen atoms in total. The molecule has 0 radical (unpaired) electrons.